The molecule has 1 aromatic heterocycles. The average Bonchev–Trinajstić information content (AvgIpc) is 2.52. The van der Waals surface area contributed by atoms with E-state index in [1.165, 1.54) is 17.4 Å². The molecule has 0 amide bonds. The molecule has 0 fully saturated rings. The molecule has 2 nitrogen and oxygen atoms in total. The van der Waals surface area contributed by atoms with Crippen LogP contribution in [0.25, 0.3) is 10.2 Å². The van der Waals surface area contributed by atoms with Gasteiger partial charge >= 0.3 is 0 Å². The second-order valence-corrected chi connectivity index (χ2v) is 3.16. The minimum absolute atomic E-state index is 0.337. The molecule has 58 valence electrons. The third-order valence-electron chi connectivity index (χ3n) is 1.52. The largest absolute Gasteiger partial charge is 0.242 e. The number of aromatic nitrogens is 1. The Bertz CT molecular complexity index is 469. The van der Waals surface area contributed by atoms with Crippen LogP contribution in [-0.4, -0.2) is 4.98 Å². The Morgan fingerprint density at radius 1 is 1.50 bits per heavy atom. The first kappa shape index (κ1) is 7.19. The second kappa shape index (κ2) is 2.54. The lowest BCUT2D eigenvalue weighted by Gasteiger charge is -1.90. The fourth-order valence-corrected chi connectivity index (χ4v) is 1.72. The van der Waals surface area contributed by atoms with Crippen LogP contribution < -0.4 is 0 Å². The first-order chi connectivity index (χ1) is 5.81. The van der Waals surface area contributed by atoms with E-state index in [0.717, 1.165) is 0 Å². The van der Waals surface area contributed by atoms with Crippen LogP contribution in [0.4, 0.5) is 4.39 Å². The Labute approximate surface area is 71.9 Å². The summed E-state index contributed by atoms with van der Waals surface area (Å²) < 4.78 is 13.8. The molecule has 12 heavy (non-hydrogen) atoms. The number of nitrogens with zero attached hydrogens (tertiary/aromatic N) is 2. The number of thiazole rings is 1. The highest BCUT2D eigenvalue weighted by atomic mass is 32.1. The summed E-state index contributed by atoms with van der Waals surface area (Å²) in [7, 11) is 0. The first-order valence-corrected chi connectivity index (χ1v) is 4.12. The van der Waals surface area contributed by atoms with Crippen LogP contribution in [-0.2, 0) is 0 Å². The summed E-state index contributed by atoms with van der Waals surface area (Å²) >= 11 is 1.33. The maximum atomic E-state index is 13.1. The van der Waals surface area contributed by atoms with Crippen LogP contribution >= 0.6 is 11.3 Å². The maximum absolute atomic E-state index is 13.1. The summed E-state index contributed by atoms with van der Waals surface area (Å²) in [5.74, 6) is -0.426. The van der Waals surface area contributed by atoms with Crippen LogP contribution in [0.3, 0.4) is 0 Å². The fourth-order valence-electron chi connectivity index (χ4n) is 0.989. The number of hydrogen-bond donors (Lipinski definition) is 0. The summed E-state index contributed by atoms with van der Waals surface area (Å²) in [5.41, 5.74) is 2.25. The molecular formula is C8H3FN2S. The number of nitriles is 1. The first-order valence-electron chi connectivity index (χ1n) is 3.24. The number of hydrogen-bond acceptors (Lipinski definition) is 3. The van der Waals surface area contributed by atoms with Gasteiger partial charge in [0, 0.05) is 0 Å². The Hall–Kier alpha value is -1.47. The number of benzene rings is 1. The van der Waals surface area contributed by atoms with Gasteiger partial charge in [-0.3, -0.25) is 0 Å². The van der Waals surface area contributed by atoms with E-state index in [4.69, 9.17) is 5.26 Å². The van der Waals surface area contributed by atoms with E-state index in [1.54, 1.807) is 11.6 Å². The van der Waals surface area contributed by atoms with Gasteiger partial charge in [0.15, 0.2) is 5.82 Å². The number of halogens is 1. The third-order valence-corrected chi connectivity index (χ3v) is 2.29. The zero-order valence-electron chi connectivity index (χ0n) is 5.91. The molecule has 1 heterocycles. The topological polar surface area (TPSA) is 36.7 Å². The maximum Gasteiger partial charge on any atom is 0.151 e. The van der Waals surface area contributed by atoms with E-state index in [2.05, 4.69) is 4.98 Å². The molecule has 1 aromatic carbocycles. The van der Waals surface area contributed by atoms with Crippen molar-refractivity contribution in [3.8, 4) is 6.07 Å². The predicted molar refractivity (Wildman–Crippen MR) is 44.3 cm³/mol. The summed E-state index contributed by atoms with van der Waals surface area (Å²) in [6.45, 7) is 0. The van der Waals surface area contributed by atoms with E-state index in [1.807, 2.05) is 6.07 Å². The molecule has 2 rings (SSSR count). The van der Waals surface area contributed by atoms with Crippen molar-refractivity contribution in [3.05, 3.63) is 29.0 Å². The molecule has 0 atom stereocenters. The van der Waals surface area contributed by atoms with Gasteiger partial charge in [-0.1, -0.05) is 0 Å². The lowest BCUT2D eigenvalue weighted by Crippen LogP contribution is -1.80. The predicted octanol–water partition coefficient (Wildman–Crippen LogP) is 2.31. The van der Waals surface area contributed by atoms with Crippen molar-refractivity contribution in [1.82, 2.24) is 4.98 Å². The molecule has 0 N–H and O–H groups in total. The normalized spacial score (nSPS) is 10.0. The van der Waals surface area contributed by atoms with Crippen LogP contribution in [0.5, 0.6) is 0 Å². The summed E-state index contributed by atoms with van der Waals surface area (Å²) in [6, 6.07) is 4.72. The van der Waals surface area contributed by atoms with Crippen molar-refractivity contribution in [1.29, 1.82) is 5.26 Å². The van der Waals surface area contributed by atoms with Gasteiger partial charge in [0.2, 0.25) is 0 Å². The van der Waals surface area contributed by atoms with E-state index < -0.39 is 5.82 Å². The van der Waals surface area contributed by atoms with E-state index in [0.29, 0.717) is 15.8 Å². The van der Waals surface area contributed by atoms with Crippen molar-refractivity contribution in [2.24, 2.45) is 0 Å². The molecule has 0 spiro atoms. The zero-order valence-corrected chi connectivity index (χ0v) is 6.73. The van der Waals surface area contributed by atoms with Crippen molar-refractivity contribution < 1.29 is 4.39 Å². The van der Waals surface area contributed by atoms with Crippen LogP contribution in [0.15, 0.2) is 17.6 Å². The third kappa shape index (κ3) is 0.953. The van der Waals surface area contributed by atoms with Gasteiger partial charge in [-0.2, -0.15) is 5.26 Å². The van der Waals surface area contributed by atoms with Gasteiger partial charge < -0.3 is 0 Å². The highest BCUT2D eigenvalue weighted by Gasteiger charge is 2.05. The molecule has 4 heteroatoms. The molecule has 0 saturated carbocycles. The van der Waals surface area contributed by atoms with E-state index >= 15 is 0 Å². The van der Waals surface area contributed by atoms with Gasteiger partial charge in [0.05, 0.1) is 21.8 Å². The highest BCUT2D eigenvalue weighted by molar-refractivity contribution is 7.16. The van der Waals surface area contributed by atoms with Gasteiger partial charge in [-0.05, 0) is 12.1 Å². The van der Waals surface area contributed by atoms with Crippen molar-refractivity contribution >= 4 is 21.6 Å². The summed E-state index contributed by atoms with van der Waals surface area (Å²) in [6.07, 6.45) is 0. The van der Waals surface area contributed by atoms with E-state index in [-0.39, 0.29) is 0 Å². The van der Waals surface area contributed by atoms with Gasteiger partial charge in [0.25, 0.3) is 0 Å². The molecule has 0 aliphatic rings. The lowest BCUT2D eigenvalue weighted by molar-refractivity contribution is 0.637. The Morgan fingerprint density at radius 2 is 2.33 bits per heavy atom. The van der Waals surface area contributed by atoms with Gasteiger partial charge in [-0.25, -0.2) is 9.37 Å². The van der Waals surface area contributed by atoms with Crippen molar-refractivity contribution in [3.63, 3.8) is 0 Å². The van der Waals surface area contributed by atoms with Crippen LogP contribution in [0, 0.1) is 17.1 Å². The lowest BCUT2D eigenvalue weighted by atomic mass is 10.2. The van der Waals surface area contributed by atoms with Gasteiger partial charge in [-0.15, -0.1) is 11.3 Å². The van der Waals surface area contributed by atoms with Crippen LogP contribution in [0.1, 0.15) is 5.56 Å². The molecule has 0 saturated heterocycles. The number of fused-ring (bicyclic) bond motifs is 1. The van der Waals surface area contributed by atoms with Crippen molar-refractivity contribution in [2.45, 2.75) is 0 Å². The fraction of sp³-hybridized carbons (Fsp3) is 0. The standard InChI is InChI=1S/C8H3FN2S/c9-6-1-5(3-10)2-7-8(6)11-4-12-7/h1-2,4H. The zero-order chi connectivity index (χ0) is 8.55. The van der Waals surface area contributed by atoms with E-state index in [9.17, 15) is 4.39 Å². The molecule has 0 aliphatic carbocycles. The Morgan fingerprint density at radius 3 is 3.08 bits per heavy atom. The summed E-state index contributed by atoms with van der Waals surface area (Å²) in [4.78, 5) is 3.83. The second-order valence-electron chi connectivity index (χ2n) is 2.27. The minimum Gasteiger partial charge on any atom is -0.242 e. The Kier molecular flexibility index (Phi) is 1.52. The summed E-state index contributed by atoms with van der Waals surface area (Å²) in [5, 5.41) is 8.53. The molecule has 0 unspecified atom stereocenters. The van der Waals surface area contributed by atoms with Crippen LogP contribution in [0.2, 0.25) is 0 Å². The SMILES string of the molecule is N#Cc1cc(F)c2ncsc2c1. The van der Waals surface area contributed by atoms with Gasteiger partial charge in [0.1, 0.15) is 5.52 Å². The molecule has 0 radical (unpaired) electrons. The molecule has 0 bridgehead atoms. The quantitative estimate of drug-likeness (QED) is 0.620. The molecule has 2 aromatic rings. The smallest absolute Gasteiger partial charge is 0.151 e. The number of rotatable bonds is 0. The molecular weight excluding hydrogens is 175 g/mol. The average molecular weight is 178 g/mol. The monoisotopic (exact) mass is 178 g/mol. The highest BCUT2D eigenvalue weighted by Crippen LogP contribution is 2.21. The Balaban J connectivity index is 2.86. The van der Waals surface area contributed by atoms with Crippen molar-refractivity contribution in [2.75, 3.05) is 0 Å². The molecule has 0 aliphatic heterocycles. The minimum atomic E-state index is -0.426.